The van der Waals surface area contributed by atoms with Gasteiger partial charge in [0.05, 0.1) is 0 Å². The fourth-order valence-electron chi connectivity index (χ4n) is 1.77. The van der Waals surface area contributed by atoms with Crippen LogP contribution in [0.5, 0.6) is 0 Å². The highest BCUT2D eigenvalue weighted by atomic mass is 35.5. The van der Waals surface area contributed by atoms with Gasteiger partial charge in [-0.3, -0.25) is 9.59 Å². The summed E-state index contributed by atoms with van der Waals surface area (Å²) in [5.74, 6) is -0.0545. The molecule has 0 aromatic rings. The molecule has 0 aliphatic rings. The van der Waals surface area contributed by atoms with E-state index in [-0.39, 0.29) is 37.1 Å². The number of nitrogens with two attached hydrogens (primary N) is 1. The van der Waals surface area contributed by atoms with Crippen LogP contribution in [0.25, 0.3) is 0 Å². The maximum Gasteiger partial charge on any atom is 0.223 e. The van der Waals surface area contributed by atoms with E-state index >= 15 is 0 Å². The van der Waals surface area contributed by atoms with Crippen LogP contribution in [0.4, 0.5) is 0 Å². The highest BCUT2D eigenvalue weighted by molar-refractivity contribution is 5.85. The van der Waals surface area contributed by atoms with Crippen LogP contribution in [-0.2, 0) is 9.59 Å². The van der Waals surface area contributed by atoms with Crippen LogP contribution in [0.1, 0.15) is 53.4 Å². The summed E-state index contributed by atoms with van der Waals surface area (Å²) in [6.07, 6.45) is 2.38. The summed E-state index contributed by atoms with van der Waals surface area (Å²) in [4.78, 5) is 25.5. The molecule has 0 aliphatic heterocycles. The molecule has 0 fully saturated rings. The van der Waals surface area contributed by atoms with E-state index in [9.17, 15) is 9.59 Å². The molecule has 0 aliphatic carbocycles. The average molecular weight is 308 g/mol. The first-order valence-corrected chi connectivity index (χ1v) is 7.15. The maximum absolute atomic E-state index is 12.0. The molecule has 0 saturated carbocycles. The van der Waals surface area contributed by atoms with Crippen LogP contribution in [-0.4, -0.2) is 41.9 Å². The fraction of sp³-hybridized carbons (Fsp3) is 0.857. The highest BCUT2D eigenvalue weighted by Gasteiger charge is 2.19. The zero-order valence-corrected chi connectivity index (χ0v) is 14.0. The number of halogens is 1. The number of nitrogens with one attached hydrogen (secondary N) is 1. The van der Waals surface area contributed by atoms with Gasteiger partial charge in [0.15, 0.2) is 0 Å². The van der Waals surface area contributed by atoms with Gasteiger partial charge < -0.3 is 16.0 Å². The van der Waals surface area contributed by atoms with E-state index in [2.05, 4.69) is 5.32 Å². The average Bonchev–Trinajstić information content (AvgIpc) is 2.35. The Hall–Kier alpha value is -0.810. The fourth-order valence-corrected chi connectivity index (χ4v) is 1.77. The Kier molecular flexibility index (Phi) is 11.7. The second-order valence-corrected chi connectivity index (χ2v) is 5.52. The first-order valence-electron chi connectivity index (χ1n) is 7.15. The minimum absolute atomic E-state index is 0. The summed E-state index contributed by atoms with van der Waals surface area (Å²) in [6, 6.07) is 0. The van der Waals surface area contributed by atoms with Crippen molar-refractivity contribution < 1.29 is 9.59 Å². The van der Waals surface area contributed by atoms with Crippen molar-refractivity contribution in [1.82, 2.24) is 10.2 Å². The lowest BCUT2D eigenvalue weighted by molar-refractivity contribution is -0.134. The summed E-state index contributed by atoms with van der Waals surface area (Å²) in [7, 11) is 0. The smallest absolute Gasteiger partial charge is 0.223 e. The lowest BCUT2D eigenvalue weighted by atomic mass is 10.1. The molecule has 120 valence electrons. The van der Waals surface area contributed by atoms with E-state index in [1.54, 1.807) is 0 Å². The third kappa shape index (κ3) is 9.15. The minimum Gasteiger partial charge on any atom is -0.350 e. The van der Waals surface area contributed by atoms with Crippen LogP contribution >= 0.6 is 12.4 Å². The first-order chi connectivity index (χ1) is 8.86. The molecule has 0 aromatic carbocycles. The highest BCUT2D eigenvalue weighted by Crippen LogP contribution is 2.04. The first kappa shape index (κ1) is 21.5. The molecule has 0 spiro atoms. The van der Waals surface area contributed by atoms with E-state index in [1.807, 2.05) is 32.6 Å². The van der Waals surface area contributed by atoms with Crippen LogP contribution in [0, 0.1) is 0 Å². The van der Waals surface area contributed by atoms with Gasteiger partial charge in [-0.25, -0.2) is 0 Å². The zero-order valence-electron chi connectivity index (χ0n) is 13.2. The van der Waals surface area contributed by atoms with Gasteiger partial charge >= 0.3 is 0 Å². The van der Waals surface area contributed by atoms with Crippen molar-refractivity contribution in [3.63, 3.8) is 0 Å². The van der Waals surface area contributed by atoms with Crippen molar-refractivity contribution in [2.45, 2.75) is 58.9 Å². The second-order valence-electron chi connectivity index (χ2n) is 5.52. The maximum atomic E-state index is 12.0. The van der Waals surface area contributed by atoms with E-state index in [4.69, 9.17) is 5.73 Å². The van der Waals surface area contributed by atoms with E-state index < -0.39 is 5.54 Å². The molecule has 6 heteroatoms. The van der Waals surface area contributed by atoms with Crippen molar-refractivity contribution in [2.24, 2.45) is 5.73 Å². The molecule has 20 heavy (non-hydrogen) atoms. The quantitative estimate of drug-likeness (QED) is 0.680. The molecule has 0 saturated heterocycles. The Balaban J connectivity index is 0. The molecule has 0 aromatic heterocycles. The Labute approximate surface area is 129 Å². The number of nitrogens with zero attached hydrogens (tertiary/aromatic N) is 1. The summed E-state index contributed by atoms with van der Waals surface area (Å²) < 4.78 is 0. The number of carbonyl (C=O) groups excluding carboxylic acids is 2. The Morgan fingerprint density at radius 2 is 1.60 bits per heavy atom. The topological polar surface area (TPSA) is 75.4 Å². The predicted octanol–water partition coefficient (Wildman–Crippen LogP) is 1.69. The molecule has 5 nitrogen and oxygen atoms in total. The molecule has 0 rings (SSSR count). The van der Waals surface area contributed by atoms with Crippen molar-refractivity contribution in [3.05, 3.63) is 0 Å². The van der Waals surface area contributed by atoms with Gasteiger partial charge in [0.2, 0.25) is 11.8 Å². The van der Waals surface area contributed by atoms with Crippen molar-refractivity contribution >= 4 is 24.2 Å². The van der Waals surface area contributed by atoms with Crippen LogP contribution < -0.4 is 11.1 Å². The summed E-state index contributed by atoms with van der Waals surface area (Å²) in [5.41, 5.74) is 5.14. The van der Waals surface area contributed by atoms with Gasteiger partial charge in [-0.1, -0.05) is 13.8 Å². The molecule has 2 amide bonds. The zero-order chi connectivity index (χ0) is 14.9. The molecule has 0 unspecified atom stereocenters. The summed E-state index contributed by atoms with van der Waals surface area (Å²) >= 11 is 0. The molecule has 0 heterocycles. The number of amides is 2. The van der Waals surface area contributed by atoms with Crippen LogP contribution in [0.3, 0.4) is 0 Å². The molecular formula is C14H30ClN3O2. The summed E-state index contributed by atoms with van der Waals surface area (Å²) in [5, 5.41) is 2.83. The van der Waals surface area contributed by atoms with Crippen molar-refractivity contribution in [3.8, 4) is 0 Å². The van der Waals surface area contributed by atoms with Crippen molar-refractivity contribution in [1.29, 1.82) is 0 Å². The minimum atomic E-state index is -0.410. The van der Waals surface area contributed by atoms with Gasteiger partial charge in [-0.05, 0) is 26.7 Å². The normalized spacial score (nSPS) is 10.7. The van der Waals surface area contributed by atoms with E-state index in [1.165, 1.54) is 0 Å². The molecule has 0 bridgehead atoms. The Bertz CT molecular complexity index is 290. The Morgan fingerprint density at radius 1 is 1.10 bits per heavy atom. The number of rotatable bonds is 9. The van der Waals surface area contributed by atoms with Gasteiger partial charge in [0, 0.05) is 38.0 Å². The monoisotopic (exact) mass is 307 g/mol. The second kappa shape index (κ2) is 10.9. The summed E-state index contributed by atoms with van der Waals surface area (Å²) in [6.45, 7) is 9.74. The predicted molar refractivity (Wildman–Crippen MR) is 84.9 cm³/mol. The lowest BCUT2D eigenvalue weighted by Crippen LogP contribution is -2.49. The molecule has 0 atom stereocenters. The van der Waals surface area contributed by atoms with Crippen LogP contribution in [0.15, 0.2) is 0 Å². The SMILES string of the molecule is CCCN(CCC)C(=O)CCC(=O)NC(C)(C)CN.Cl. The standard InChI is InChI=1S/C14H29N3O2.ClH/c1-5-9-17(10-6-2)13(19)8-7-12(18)16-14(3,4)11-15;/h5-11,15H2,1-4H3,(H,16,18);1H. The molecule has 3 N–H and O–H groups in total. The van der Waals surface area contributed by atoms with E-state index in [0.717, 1.165) is 25.9 Å². The number of hydrogen-bond donors (Lipinski definition) is 2. The Morgan fingerprint density at radius 3 is 2.00 bits per heavy atom. The van der Waals surface area contributed by atoms with Gasteiger partial charge in [-0.15, -0.1) is 12.4 Å². The number of carbonyl (C=O) groups is 2. The number of hydrogen-bond acceptors (Lipinski definition) is 3. The van der Waals surface area contributed by atoms with Gasteiger partial charge in [0.25, 0.3) is 0 Å². The lowest BCUT2D eigenvalue weighted by Gasteiger charge is -2.25. The van der Waals surface area contributed by atoms with Gasteiger partial charge in [-0.2, -0.15) is 0 Å². The van der Waals surface area contributed by atoms with Crippen molar-refractivity contribution in [2.75, 3.05) is 19.6 Å². The third-order valence-electron chi connectivity index (χ3n) is 2.89. The largest absolute Gasteiger partial charge is 0.350 e. The van der Waals surface area contributed by atoms with E-state index in [0.29, 0.717) is 6.54 Å². The molecule has 0 radical (unpaired) electrons. The molecular weight excluding hydrogens is 278 g/mol. The van der Waals surface area contributed by atoms with Gasteiger partial charge in [0.1, 0.15) is 0 Å². The third-order valence-corrected chi connectivity index (χ3v) is 2.89. The van der Waals surface area contributed by atoms with Crippen LogP contribution in [0.2, 0.25) is 0 Å².